The van der Waals surface area contributed by atoms with Gasteiger partial charge in [0.25, 0.3) is 0 Å². The van der Waals surface area contributed by atoms with E-state index in [1.165, 1.54) is 0 Å². The molecule has 0 unspecified atom stereocenters. The Bertz CT molecular complexity index is 935. The van der Waals surface area contributed by atoms with Crippen molar-refractivity contribution in [2.45, 2.75) is 6.92 Å². The van der Waals surface area contributed by atoms with Gasteiger partial charge in [-0.25, -0.2) is 9.97 Å². The van der Waals surface area contributed by atoms with Crippen LogP contribution in [0.3, 0.4) is 0 Å². The number of benzene rings is 1. The van der Waals surface area contributed by atoms with E-state index in [1.54, 1.807) is 31.9 Å². The Balaban J connectivity index is 1.82. The van der Waals surface area contributed by atoms with E-state index in [0.29, 0.717) is 0 Å². The van der Waals surface area contributed by atoms with Crippen molar-refractivity contribution in [2.24, 2.45) is 0 Å². The van der Waals surface area contributed by atoms with E-state index in [1.807, 2.05) is 18.2 Å². The smallest absolute Gasteiger partial charge is 0.141 e. The Morgan fingerprint density at radius 1 is 1.04 bits per heavy atom. The first kappa shape index (κ1) is 18.0. The summed E-state index contributed by atoms with van der Waals surface area (Å²) in [7, 11) is 3.38. The average molecular weight is 385 g/mol. The van der Waals surface area contributed by atoms with Crippen LogP contribution in [0.25, 0.3) is 21.3 Å². The third-order valence-electron chi connectivity index (χ3n) is 5.17. The van der Waals surface area contributed by atoms with Gasteiger partial charge in [-0.2, -0.15) is 0 Å². The SMILES string of the molecule is CCN1CCN(c2ncnc3scc(-c4cc(OC)ccc4OC)c23)CC1. The van der Waals surface area contributed by atoms with Gasteiger partial charge < -0.3 is 19.3 Å². The van der Waals surface area contributed by atoms with Gasteiger partial charge in [0.15, 0.2) is 0 Å². The second kappa shape index (κ2) is 7.70. The second-order valence-corrected chi connectivity index (χ2v) is 7.37. The number of hydrogen-bond acceptors (Lipinski definition) is 7. The normalized spacial score (nSPS) is 15.3. The highest BCUT2D eigenvalue weighted by molar-refractivity contribution is 7.17. The minimum atomic E-state index is 0.806. The standard InChI is InChI=1S/C20H24N4O2S/c1-4-23-7-9-24(10-8-23)19-18-16(12-27-20(18)22-13-21-19)15-11-14(25-2)5-6-17(15)26-3/h5-6,11-13H,4,7-10H2,1-3H3. The number of likely N-dealkylation sites (N-methyl/N-ethyl adjacent to an activating group) is 1. The van der Waals surface area contributed by atoms with Crippen molar-refractivity contribution in [3.05, 3.63) is 29.9 Å². The van der Waals surface area contributed by atoms with E-state index in [-0.39, 0.29) is 0 Å². The fourth-order valence-electron chi connectivity index (χ4n) is 3.60. The third-order valence-corrected chi connectivity index (χ3v) is 6.05. The lowest BCUT2D eigenvalue weighted by Gasteiger charge is -2.35. The molecule has 0 amide bonds. The Morgan fingerprint density at radius 2 is 1.85 bits per heavy atom. The van der Waals surface area contributed by atoms with E-state index < -0.39 is 0 Å². The summed E-state index contributed by atoms with van der Waals surface area (Å²) in [6, 6.07) is 5.88. The van der Waals surface area contributed by atoms with Crippen LogP contribution in [0.1, 0.15) is 6.92 Å². The maximum Gasteiger partial charge on any atom is 0.141 e. The summed E-state index contributed by atoms with van der Waals surface area (Å²) < 4.78 is 11.1. The fourth-order valence-corrected chi connectivity index (χ4v) is 4.50. The molecule has 1 aliphatic rings. The number of piperazine rings is 1. The maximum absolute atomic E-state index is 5.62. The highest BCUT2D eigenvalue weighted by Gasteiger charge is 2.23. The number of thiophene rings is 1. The molecule has 1 saturated heterocycles. The molecule has 6 nitrogen and oxygen atoms in total. The summed E-state index contributed by atoms with van der Waals surface area (Å²) in [6.07, 6.45) is 1.67. The Hall–Kier alpha value is -2.38. The first-order valence-electron chi connectivity index (χ1n) is 9.17. The van der Waals surface area contributed by atoms with Crippen molar-refractivity contribution in [2.75, 3.05) is 51.8 Å². The van der Waals surface area contributed by atoms with Crippen LogP contribution in [-0.2, 0) is 0 Å². The Morgan fingerprint density at radius 3 is 2.56 bits per heavy atom. The summed E-state index contributed by atoms with van der Waals surface area (Å²) in [6.45, 7) is 7.38. The Kier molecular flexibility index (Phi) is 5.13. The quantitative estimate of drug-likeness (QED) is 0.671. The molecule has 1 fully saturated rings. The minimum Gasteiger partial charge on any atom is -0.497 e. The number of aromatic nitrogens is 2. The van der Waals surface area contributed by atoms with Gasteiger partial charge in [0, 0.05) is 42.7 Å². The molecule has 0 aliphatic carbocycles. The van der Waals surface area contributed by atoms with Gasteiger partial charge in [0.1, 0.15) is 28.5 Å². The van der Waals surface area contributed by atoms with Crippen LogP contribution in [0.15, 0.2) is 29.9 Å². The van der Waals surface area contributed by atoms with Crippen LogP contribution in [0.4, 0.5) is 5.82 Å². The number of ether oxygens (including phenoxy) is 2. The van der Waals surface area contributed by atoms with Crippen LogP contribution >= 0.6 is 11.3 Å². The monoisotopic (exact) mass is 384 g/mol. The van der Waals surface area contributed by atoms with Gasteiger partial charge in [-0.1, -0.05) is 6.92 Å². The molecule has 0 N–H and O–H groups in total. The Labute approximate surface area is 163 Å². The molecule has 4 rings (SSSR count). The van der Waals surface area contributed by atoms with Crippen molar-refractivity contribution in [3.8, 4) is 22.6 Å². The van der Waals surface area contributed by atoms with Crippen LogP contribution in [0, 0.1) is 0 Å². The average Bonchev–Trinajstić information content (AvgIpc) is 3.17. The lowest BCUT2D eigenvalue weighted by Crippen LogP contribution is -2.46. The molecule has 0 atom stereocenters. The van der Waals surface area contributed by atoms with Gasteiger partial charge in [0.2, 0.25) is 0 Å². The van der Waals surface area contributed by atoms with Crippen LogP contribution in [0.5, 0.6) is 11.5 Å². The van der Waals surface area contributed by atoms with Gasteiger partial charge in [0.05, 0.1) is 19.6 Å². The molecule has 0 spiro atoms. The van der Waals surface area contributed by atoms with Gasteiger partial charge >= 0.3 is 0 Å². The lowest BCUT2D eigenvalue weighted by atomic mass is 10.0. The molecule has 3 aromatic rings. The van der Waals surface area contributed by atoms with Crippen LogP contribution < -0.4 is 14.4 Å². The zero-order valence-electron chi connectivity index (χ0n) is 15.9. The molecule has 7 heteroatoms. The second-order valence-electron chi connectivity index (χ2n) is 6.51. The first-order chi connectivity index (χ1) is 13.2. The van der Waals surface area contributed by atoms with Crippen molar-refractivity contribution in [1.82, 2.24) is 14.9 Å². The molecule has 0 radical (unpaired) electrons. The minimum absolute atomic E-state index is 0.806. The van der Waals surface area contributed by atoms with E-state index in [0.717, 1.165) is 71.4 Å². The van der Waals surface area contributed by atoms with E-state index in [9.17, 15) is 0 Å². The molecular weight excluding hydrogens is 360 g/mol. The molecule has 0 bridgehead atoms. The van der Waals surface area contributed by atoms with Crippen molar-refractivity contribution in [3.63, 3.8) is 0 Å². The van der Waals surface area contributed by atoms with Crippen molar-refractivity contribution in [1.29, 1.82) is 0 Å². The predicted molar refractivity (Wildman–Crippen MR) is 110 cm³/mol. The molecule has 1 aromatic carbocycles. The topological polar surface area (TPSA) is 50.7 Å². The van der Waals surface area contributed by atoms with Crippen LogP contribution in [-0.4, -0.2) is 61.8 Å². The number of nitrogens with zero attached hydrogens (tertiary/aromatic N) is 4. The molecule has 1 aliphatic heterocycles. The number of hydrogen-bond donors (Lipinski definition) is 0. The van der Waals surface area contributed by atoms with Crippen LogP contribution in [0.2, 0.25) is 0 Å². The maximum atomic E-state index is 5.62. The van der Waals surface area contributed by atoms with Gasteiger partial charge in [-0.3, -0.25) is 0 Å². The molecule has 2 aromatic heterocycles. The molecular formula is C20H24N4O2S. The van der Waals surface area contributed by atoms with E-state index in [2.05, 4.69) is 32.1 Å². The number of fused-ring (bicyclic) bond motifs is 1. The zero-order valence-corrected chi connectivity index (χ0v) is 16.8. The van der Waals surface area contributed by atoms with E-state index in [4.69, 9.17) is 9.47 Å². The zero-order chi connectivity index (χ0) is 18.8. The van der Waals surface area contributed by atoms with Gasteiger partial charge in [-0.15, -0.1) is 11.3 Å². The third kappa shape index (κ3) is 3.33. The lowest BCUT2D eigenvalue weighted by molar-refractivity contribution is 0.271. The predicted octanol–water partition coefficient (Wildman–Crippen LogP) is 3.52. The van der Waals surface area contributed by atoms with Crippen molar-refractivity contribution < 1.29 is 9.47 Å². The molecule has 0 saturated carbocycles. The summed E-state index contributed by atoms with van der Waals surface area (Å²) in [5.74, 6) is 2.64. The van der Waals surface area contributed by atoms with Crippen molar-refractivity contribution >= 4 is 27.4 Å². The number of anilines is 1. The summed E-state index contributed by atoms with van der Waals surface area (Å²) >= 11 is 1.64. The highest BCUT2D eigenvalue weighted by Crippen LogP contribution is 2.42. The fraction of sp³-hybridized carbons (Fsp3) is 0.400. The first-order valence-corrected chi connectivity index (χ1v) is 10.0. The van der Waals surface area contributed by atoms with E-state index >= 15 is 0 Å². The highest BCUT2D eigenvalue weighted by atomic mass is 32.1. The molecule has 142 valence electrons. The number of rotatable bonds is 5. The molecule has 27 heavy (non-hydrogen) atoms. The van der Waals surface area contributed by atoms with Gasteiger partial charge in [-0.05, 0) is 24.7 Å². The summed E-state index contributed by atoms with van der Waals surface area (Å²) in [5, 5.41) is 3.24. The summed E-state index contributed by atoms with van der Waals surface area (Å²) in [5.41, 5.74) is 2.10. The molecule has 3 heterocycles. The largest absolute Gasteiger partial charge is 0.497 e. The number of methoxy groups -OCH3 is 2. The summed E-state index contributed by atoms with van der Waals surface area (Å²) in [4.78, 5) is 15.0.